The monoisotopic (exact) mass is 338 g/mol. The Morgan fingerprint density at radius 3 is 2.80 bits per heavy atom. The van der Waals surface area contributed by atoms with E-state index in [-0.39, 0.29) is 18.4 Å². The number of nitrogens with one attached hydrogen (secondary N) is 1. The maximum absolute atomic E-state index is 12.1. The Kier molecular flexibility index (Phi) is 5.33. The molecule has 2 amide bonds. The minimum Gasteiger partial charge on any atom is -0.482 e. The van der Waals surface area contributed by atoms with Crippen molar-refractivity contribution in [2.24, 2.45) is 0 Å². The summed E-state index contributed by atoms with van der Waals surface area (Å²) in [4.78, 5) is 25.8. The number of ether oxygens (including phenoxy) is 1. The highest BCUT2D eigenvalue weighted by Crippen LogP contribution is 2.32. The molecule has 130 valence electrons. The van der Waals surface area contributed by atoms with Crippen molar-refractivity contribution >= 4 is 17.5 Å². The van der Waals surface area contributed by atoms with Crippen LogP contribution in [0.2, 0.25) is 0 Å². The molecule has 0 radical (unpaired) electrons. The number of amides is 2. The van der Waals surface area contributed by atoms with Crippen LogP contribution in [0.1, 0.15) is 24.0 Å². The highest BCUT2D eigenvalue weighted by atomic mass is 16.5. The standard InChI is InChI=1S/C20H22N2O3/c1-15-9-10-17-18(12-15)25-14-20(24)22(17)11-5-8-19(23)21-13-16-6-3-2-4-7-16/h2-4,6-7,9-10,12H,5,8,11,13-14H2,1H3,(H,21,23). The first-order valence-corrected chi connectivity index (χ1v) is 8.48. The highest BCUT2D eigenvalue weighted by Gasteiger charge is 2.25. The normalized spacial score (nSPS) is 13.2. The van der Waals surface area contributed by atoms with Gasteiger partial charge in [0.25, 0.3) is 5.91 Å². The van der Waals surface area contributed by atoms with E-state index in [4.69, 9.17) is 4.74 Å². The van der Waals surface area contributed by atoms with E-state index in [2.05, 4.69) is 5.32 Å². The fourth-order valence-corrected chi connectivity index (χ4v) is 2.84. The Bertz CT molecular complexity index is 759. The van der Waals surface area contributed by atoms with E-state index in [0.717, 1.165) is 22.6 Å². The summed E-state index contributed by atoms with van der Waals surface area (Å²) in [7, 11) is 0. The van der Waals surface area contributed by atoms with Crippen LogP contribution in [0.3, 0.4) is 0 Å². The first-order chi connectivity index (χ1) is 12.1. The van der Waals surface area contributed by atoms with Crippen molar-refractivity contribution in [2.45, 2.75) is 26.3 Å². The number of hydrogen-bond donors (Lipinski definition) is 1. The number of rotatable bonds is 6. The second-order valence-corrected chi connectivity index (χ2v) is 6.17. The van der Waals surface area contributed by atoms with E-state index in [1.807, 2.05) is 55.5 Å². The van der Waals surface area contributed by atoms with Crippen LogP contribution < -0.4 is 15.0 Å². The molecule has 0 fully saturated rings. The Hall–Kier alpha value is -2.82. The zero-order valence-corrected chi connectivity index (χ0v) is 14.3. The lowest BCUT2D eigenvalue weighted by Gasteiger charge is -2.29. The predicted octanol–water partition coefficient (Wildman–Crippen LogP) is 2.82. The number of carbonyl (C=O) groups is 2. The van der Waals surface area contributed by atoms with Gasteiger partial charge < -0.3 is 15.0 Å². The van der Waals surface area contributed by atoms with E-state index in [1.54, 1.807) is 4.90 Å². The number of carbonyl (C=O) groups excluding carboxylic acids is 2. The van der Waals surface area contributed by atoms with Crippen LogP contribution in [-0.2, 0) is 16.1 Å². The summed E-state index contributed by atoms with van der Waals surface area (Å²) in [6, 6.07) is 15.6. The van der Waals surface area contributed by atoms with Crippen LogP contribution in [0.25, 0.3) is 0 Å². The predicted molar refractivity (Wildman–Crippen MR) is 96.5 cm³/mol. The minimum atomic E-state index is -0.0685. The smallest absolute Gasteiger partial charge is 0.265 e. The third-order valence-electron chi connectivity index (χ3n) is 4.18. The molecule has 0 saturated heterocycles. The summed E-state index contributed by atoms with van der Waals surface area (Å²) in [5.74, 6) is 0.655. The Balaban J connectivity index is 1.50. The molecular weight excluding hydrogens is 316 g/mol. The molecule has 3 rings (SSSR count). The number of nitrogens with zero attached hydrogens (tertiary/aromatic N) is 1. The molecule has 0 aliphatic carbocycles. The Labute approximate surface area is 147 Å². The number of aryl methyl sites for hydroxylation is 1. The van der Waals surface area contributed by atoms with Gasteiger partial charge in [-0.15, -0.1) is 0 Å². The average Bonchev–Trinajstić information content (AvgIpc) is 2.63. The summed E-state index contributed by atoms with van der Waals surface area (Å²) in [6.07, 6.45) is 0.998. The van der Waals surface area contributed by atoms with Crippen molar-refractivity contribution in [3.05, 3.63) is 59.7 Å². The molecule has 0 bridgehead atoms. The van der Waals surface area contributed by atoms with Gasteiger partial charge in [-0.05, 0) is 36.6 Å². The fourth-order valence-electron chi connectivity index (χ4n) is 2.84. The largest absolute Gasteiger partial charge is 0.482 e. The maximum atomic E-state index is 12.1. The second-order valence-electron chi connectivity index (χ2n) is 6.17. The molecule has 0 unspecified atom stereocenters. The van der Waals surface area contributed by atoms with Crippen LogP contribution >= 0.6 is 0 Å². The molecule has 1 N–H and O–H groups in total. The summed E-state index contributed by atoms with van der Waals surface area (Å²) < 4.78 is 5.49. The Morgan fingerprint density at radius 2 is 2.00 bits per heavy atom. The molecule has 0 saturated carbocycles. The van der Waals surface area contributed by atoms with Gasteiger partial charge in [-0.3, -0.25) is 9.59 Å². The third-order valence-corrected chi connectivity index (χ3v) is 4.18. The van der Waals surface area contributed by atoms with Gasteiger partial charge in [-0.25, -0.2) is 0 Å². The summed E-state index contributed by atoms with van der Waals surface area (Å²) in [5, 5.41) is 2.91. The molecule has 0 aromatic heterocycles. The number of benzene rings is 2. The van der Waals surface area contributed by atoms with Crippen LogP contribution in [0.5, 0.6) is 5.75 Å². The van der Waals surface area contributed by atoms with E-state index in [1.165, 1.54) is 0 Å². The molecule has 0 atom stereocenters. The molecule has 1 heterocycles. The zero-order chi connectivity index (χ0) is 17.6. The number of hydrogen-bond acceptors (Lipinski definition) is 3. The quantitative estimate of drug-likeness (QED) is 0.881. The third kappa shape index (κ3) is 4.38. The fraction of sp³-hybridized carbons (Fsp3) is 0.300. The van der Waals surface area contributed by atoms with Crippen LogP contribution in [0, 0.1) is 6.92 Å². The van der Waals surface area contributed by atoms with Crippen LogP contribution in [-0.4, -0.2) is 25.0 Å². The molecule has 5 heteroatoms. The van der Waals surface area contributed by atoms with Gasteiger partial charge >= 0.3 is 0 Å². The molecular formula is C20H22N2O3. The topological polar surface area (TPSA) is 58.6 Å². The Morgan fingerprint density at radius 1 is 1.20 bits per heavy atom. The highest BCUT2D eigenvalue weighted by molar-refractivity contribution is 5.97. The van der Waals surface area contributed by atoms with Gasteiger partial charge in [0.2, 0.25) is 5.91 Å². The van der Waals surface area contributed by atoms with Crippen molar-refractivity contribution in [1.82, 2.24) is 5.32 Å². The SMILES string of the molecule is Cc1ccc2c(c1)OCC(=O)N2CCCC(=O)NCc1ccccc1. The summed E-state index contributed by atoms with van der Waals surface area (Å²) in [5.41, 5.74) is 2.95. The molecule has 25 heavy (non-hydrogen) atoms. The van der Waals surface area contributed by atoms with E-state index in [0.29, 0.717) is 25.9 Å². The molecule has 2 aromatic carbocycles. The zero-order valence-electron chi connectivity index (χ0n) is 14.3. The van der Waals surface area contributed by atoms with Gasteiger partial charge in [0.1, 0.15) is 5.75 Å². The lowest BCUT2D eigenvalue weighted by molar-refractivity contribution is -0.123. The van der Waals surface area contributed by atoms with E-state index in [9.17, 15) is 9.59 Å². The van der Waals surface area contributed by atoms with Crippen molar-refractivity contribution in [1.29, 1.82) is 0 Å². The molecule has 1 aliphatic heterocycles. The lowest BCUT2D eigenvalue weighted by atomic mass is 10.1. The van der Waals surface area contributed by atoms with Crippen LogP contribution in [0.4, 0.5) is 5.69 Å². The maximum Gasteiger partial charge on any atom is 0.265 e. The van der Waals surface area contributed by atoms with Crippen molar-refractivity contribution < 1.29 is 14.3 Å². The van der Waals surface area contributed by atoms with Gasteiger partial charge in [-0.2, -0.15) is 0 Å². The van der Waals surface area contributed by atoms with Crippen molar-refractivity contribution in [3.8, 4) is 5.75 Å². The summed E-state index contributed by atoms with van der Waals surface area (Å²) in [6.45, 7) is 3.08. The van der Waals surface area contributed by atoms with Gasteiger partial charge in [0, 0.05) is 19.5 Å². The first kappa shape index (κ1) is 17.0. The average molecular weight is 338 g/mol. The second kappa shape index (κ2) is 7.83. The summed E-state index contributed by atoms with van der Waals surface area (Å²) >= 11 is 0. The first-order valence-electron chi connectivity index (χ1n) is 8.48. The number of anilines is 1. The molecule has 1 aliphatic rings. The van der Waals surface area contributed by atoms with Crippen molar-refractivity contribution in [2.75, 3.05) is 18.1 Å². The molecule has 0 spiro atoms. The molecule has 5 nitrogen and oxygen atoms in total. The van der Waals surface area contributed by atoms with Crippen LogP contribution in [0.15, 0.2) is 48.5 Å². The van der Waals surface area contributed by atoms with Gasteiger partial charge in [0.05, 0.1) is 5.69 Å². The van der Waals surface area contributed by atoms with Gasteiger partial charge in [0.15, 0.2) is 6.61 Å². The minimum absolute atomic E-state index is 0.00584. The van der Waals surface area contributed by atoms with Crippen molar-refractivity contribution in [3.63, 3.8) is 0 Å². The lowest BCUT2D eigenvalue weighted by Crippen LogP contribution is -2.39. The van der Waals surface area contributed by atoms with E-state index >= 15 is 0 Å². The number of fused-ring (bicyclic) bond motifs is 1. The van der Waals surface area contributed by atoms with Gasteiger partial charge in [-0.1, -0.05) is 36.4 Å². The van der Waals surface area contributed by atoms with E-state index < -0.39 is 0 Å². The molecule has 2 aromatic rings.